The highest BCUT2D eigenvalue weighted by molar-refractivity contribution is 5.89. The van der Waals surface area contributed by atoms with Crippen molar-refractivity contribution in [1.82, 2.24) is 10.2 Å². The molecule has 0 spiro atoms. The lowest BCUT2D eigenvalue weighted by Gasteiger charge is -2.32. The number of hydrogen-bond donors (Lipinski definition) is 2. The van der Waals surface area contributed by atoms with Gasteiger partial charge in [0.25, 0.3) is 5.91 Å². The molecule has 30 heavy (non-hydrogen) atoms. The SMILES string of the molecule is Cc1ccc(OCC(=O)NCCC2CCN(C(=O)Nc3ccccc3F)CC2)cc1. The van der Waals surface area contributed by atoms with E-state index in [2.05, 4.69) is 10.6 Å². The van der Waals surface area contributed by atoms with Gasteiger partial charge in [-0.25, -0.2) is 9.18 Å². The maximum Gasteiger partial charge on any atom is 0.321 e. The summed E-state index contributed by atoms with van der Waals surface area (Å²) in [6, 6.07) is 13.4. The third kappa shape index (κ3) is 6.47. The summed E-state index contributed by atoms with van der Waals surface area (Å²) >= 11 is 0. The molecule has 0 aromatic heterocycles. The van der Waals surface area contributed by atoms with Crippen molar-refractivity contribution in [2.45, 2.75) is 26.2 Å². The van der Waals surface area contributed by atoms with Crippen molar-refractivity contribution < 1.29 is 18.7 Å². The molecule has 0 radical (unpaired) electrons. The van der Waals surface area contributed by atoms with E-state index in [4.69, 9.17) is 4.74 Å². The first-order valence-corrected chi connectivity index (χ1v) is 10.3. The number of anilines is 1. The van der Waals surface area contributed by atoms with Gasteiger partial charge in [-0.15, -0.1) is 0 Å². The van der Waals surface area contributed by atoms with Gasteiger partial charge in [-0.2, -0.15) is 0 Å². The van der Waals surface area contributed by atoms with Crippen LogP contribution in [0.4, 0.5) is 14.9 Å². The normalized spacial score (nSPS) is 14.3. The van der Waals surface area contributed by atoms with Crippen LogP contribution in [-0.4, -0.2) is 43.1 Å². The van der Waals surface area contributed by atoms with E-state index in [1.165, 1.54) is 6.07 Å². The van der Waals surface area contributed by atoms with Crippen LogP contribution in [0.15, 0.2) is 48.5 Å². The average Bonchev–Trinajstić information content (AvgIpc) is 2.75. The molecule has 0 aliphatic carbocycles. The number of rotatable bonds is 7. The van der Waals surface area contributed by atoms with Crippen LogP contribution >= 0.6 is 0 Å². The number of urea groups is 1. The van der Waals surface area contributed by atoms with Crippen molar-refractivity contribution in [1.29, 1.82) is 0 Å². The van der Waals surface area contributed by atoms with Crippen LogP contribution in [0.5, 0.6) is 5.75 Å². The minimum Gasteiger partial charge on any atom is -0.484 e. The van der Waals surface area contributed by atoms with E-state index in [1.54, 1.807) is 23.1 Å². The first-order chi connectivity index (χ1) is 14.5. The number of piperidine rings is 1. The Morgan fingerprint density at radius 3 is 2.50 bits per heavy atom. The highest BCUT2D eigenvalue weighted by Gasteiger charge is 2.23. The van der Waals surface area contributed by atoms with E-state index in [0.717, 1.165) is 24.8 Å². The number of carbonyl (C=O) groups excluding carboxylic acids is 2. The van der Waals surface area contributed by atoms with Crippen LogP contribution in [0.2, 0.25) is 0 Å². The smallest absolute Gasteiger partial charge is 0.321 e. The summed E-state index contributed by atoms with van der Waals surface area (Å²) in [5.41, 5.74) is 1.34. The summed E-state index contributed by atoms with van der Waals surface area (Å²) in [5.74, 6) is 0.540. The Balaban J connectivity index is 1.31. The molecular weight excluding hydrogens is 385 g/mol. The first-order valence-electron chi connectivity index (χ1n) is 10.3. The quantitative estimate of drug-likeness (QED) is 0.722. The molecule has 6 nitrogen and oxygen atoms in total. The Labute approximate surface area is 176 Å². The fourth-order valence-electron chi connectivity index (χ4n) is 3.43. The predicted octanol–water partition coefficient (Wildman–Crippen LogP) is 3.96. The van der Waals surface area contributed by atoms with E-state index in [9.17, 15) is 14.0 Å². The standard InChI is InChI=1S/C23H28FN3O3/c1-17-6-8-19(9-7-17)30-16-22(28)25-13-10-18-11-14-27(15-12-18)23(29)26-21-5-3-2-4-20(21)24/h2-9,18H,10-16H2,1H3,(H,25,28)(H,26,29). The summed E-state index contributed by atoms with van der Waals surface area (Å²) in [7, 11) is 0. The van der Waals surface area contributed by atoms with Gasteiger partial charge < -0.3 is 20.3 Å². The molecule has 3 rings (SSSR count). The largest absolute Gasteiger partial charge is 0.484 e. The molecular formula is C23H28FN3O3. The number of amides is 3. The zero-order valence-electron chi connectivity index (χ0n) is 17.2. The summed E-state index contributed by atoms with van der Waals surface area (Å²) < 4.78 is 19.1. The third-order valence-corrected chi connectivity index (χ3v) is 5.28. The van der Waals surface area contributed by atoms with Gasteiger partial charge in [0.05, 0.1) is 5.69 Å². The van der Waals surface area contributed by atoms with Gasteiger partial charge in [0.15, 0.2) is 6.61 Å². The number of benzene rings is 2. The van der Waals surface area contributed by atoms with Crippen LogP contribution in [0.25, 0.3) is 0 Å². The van der Waals surface area contributed by atoms with Crippen molar-refractivity contribution in [3.63, 3.8) is 0 Å². The number of ether oxygens (including phenoxy) is 1. The number of hydrogen-bond acceptors (Lipinski definition) is 3. The summed E-state index contributed by atoms with van der Waals surface area (Å²) in [6.07, 6.45) is 2.58. The van der Waals surface area contributed by atoms with Crippen molar-refractivity contribution in [2.75, 3.05) is 31.6 Å². The Kier molecular flexibility index (Phi) is 7.65. The molecule has 1 saturated heterocycles. The minimum absolute atomic E-state index is 0.00226. The number of nitrogens with one attached hydrogen (secondary N) is 2. The molecule has 1 heterocycles. The maximum absolute atomic E-state index is 13.7. The van der Waals surface area contributed by atoms with Crippen molar-refractivity contribution >= 4 is 17.6 Å². The van der Waals surface area contributed by atoms with Gasteiger partial charge in [0, 0.05) is 19.6 Å². The van der Waals surface area contributed by atoms with E-state index in [1.807, 2.05) is 31.2 Å². The third-order valence-electron chi connectivity index (χ3n) is 5.28. The zero-order chi connectivity index (χ0) is 21.3. The van der Waals surface area contributed by atoms with E-state index in [0.29, 0.717) is 31.3 Å². The number of halogens is 1. The monoisotopic (exact) mass is 413 g/mol. The minimum atomic E-state index is -0.442. The predicted molar refractivity (Wildman–Crippen MR) is 114 cm³/mol. The summed E-state index contributed by atoms with van der Waals surface area (Å²) in [5, 5.41) is 5.51. The van der Waals surface area contributed by atoms with Crippen molar-refractivity contribution in [3.8, 4) is 5.75 Å². The van der Waals surface area contributed by atoms with Crippen LogP contribution in [0, 0.1) is 18.7 Å². The highest BCUT2D eigenvalue weighted by Crippen LogP contribution is 2.21. The van der Waals surface area contributed by atoms with Crippen molar-refractivity contribution in [2.24, 2.45) is 5.92 Å². The lowest BCUT2D eigenvalue weighted by Crippen LogP contribution is -2.41. The second kappa shape index (κ2) is 10.6. The lowest BCUT2D eigenvalue weighted by atomic mass is 9.94. The molecule has 2 N–H and O–H groups in total. The first kappa shape index (κ1) is 21.6. The van der Waals surface area contributed by atoms with E-state index >= 15 is 0 Å². The Morgan fingerprint density at radius 1 is 1.10 bits per heavy atom. The Hall–Kier alpha value is -3.09. The summed E-state index contributed by atoms with van der Waals surface area (Å²) in [6.45, 7) is 3.82. The van der Waals surface area contributed by atoms with Gasteiger partial charge in [-0.3, -0.25) is 4.79 Å². The van der Waals surface area contributed by atoms with Crippen LogP contribution < -0.4 is 15.4 Å². The number of nitrogens with zero attached hydrogens (tertiary/aromatic N) is 1. The summed E-state index contributed by atoms with van der Waals surface area (Å²) in [4.78, 5) is 26.0. The molecule has 0 bridgehead atoms. The number of aryl methyl sites for hydroxylation is 1. The van der Waals surface area contributed by atoms with Crippen molar-refractivity contribution in [3.05, 3.63) is 59.9 Å². The number of para-hydroxylation sites is 1. The Bertz CT molecular complexity index is 849. The fourth-order valence-corrected chi connectivity index (χ4v) is 3.43. The second-order valence-electron chi connectivity index (χ2n) is 7.58. The van der Waals surface area contributed by atoms with Gasteiger partial charge >= 0.3 is 6.03 Å². The molecule has 0 saturated carbocycles. The van der Waals surface area contributed by atoms with Gasteiger partial charge in [-0.1, -0.05) is 29.8 Å². The van der Waals surface area contributed by atoms with Crippen LogP contribution in [0.1, 0.15) is 24.8 Å². The molecule has 1 aliphatic rings. The molecule has 3 amide bonds. The second-order valence-corrected chi connectivity index (χ2v) is 7.58. The molecule has 7 heteroatoms. The molecule has 2 aromatic rings. The molecule has 1 aliphatic heterocycles. The van der Waals surface area contributed by atoms with Gasteiger partial charge in [-0.05, 0) is 56.4 Å². The molecule has 0 atom stereocenters. The molecule has 160 valence electrons. The molecule has 2 aromatic carbocycles. The molecule has 1 fully saturated rings. The molecule has 0 unspecified atom stereocenters. The average molecular weight is 413 g/mol. The number of likely N-dealkylation sites (tertiary alicyclic amines) is 1. The van der Waals surface area contributed by atoms with E-state index in [-0.39, 0.29) is 24.2 Å². The maximum atomic E-state index is 13.7. The topological polar surface area (TPSA) is 70.7 Å². The van der Waals surface area contributed by atoms with Crippen LogP contribution in [-0.2, 0) is 4.79 Å². The fraction of sp³-hybridized carbons (Fsp3) is 0.391. The highest BCUT2D eigenvalue weighted by atomic mass is 19.1. The van der Waals surface area contributed by atoms with Gasteiger partial charge in [0.2, 0.25) is 0 Å². The van der Waals surface area contributed by atoms with Crippen LogP contribution in [0.3, 0.4) is 0 Å². The Morgan fingerprint density at radius 2 is 1.80 bits per heavy atom. The van der Waals surface area contributed by atoms with Gasteiger partial charge in [0.1, 0.15) is 11.6 Å². The zero-order valence-corrected chi connectivity index (χ0v) is 17.2. The number of carbonyl (C=O) groups is 2. The lowest BCUT2D eigenvalue weighted by molar-refractivity contribution is -0.123. The van der Waals surface area contributed by atoms with E-state index < -0.39 is 5.82 Å².